The SMILES string of the molecule is O=c1[nH]nc(C2CCCS(=O)(=O)C2)cc1Cl. The zero-order chi connectivity index (χ0) is 11.8. The summed E-state index contributed by atoms with van der Waals surface area (Å²) < 4.78 is 22.9. The highest BCUT2D eigenvalue weighted by molar-refractivity contribution is 7.91. The maximum atomic E-state index is 11.5. The van der Waals surface area contributed by atoms with Gasteiger partial charge in [0.1, 0.15) is 5.02 Å². The first-order chi connectivity index (χ1) is 7.48. The van der Waals surface area contributed by atoms with E-state index in [1.807, 2.05) is 0 Å². The van der Waals surface area contributed by atoms with E-state index in [2.05, 4.69) is 10.2 Å². The second-order valence-corrected chi connectivity index (χ2v) is 6.56. The van der Waals surface area contributed by atoms with Crippen LogP contribution < -0.4 is 5.56 Å². The molecule has 0 radical (unpaired) electrons. The Morgan fingerprint density at radius 1 is 1.50 bits per heavy atom. The average molecular weight is 263 g/mol. The zero-order valence-corrected chi connectivity index (χ0v) is 10.0. The van der Waals surface area contributed by atoms with Crippen LogP contribution in [0.15, 0.2) is 10.9 Å². The van der Waals surface area contributed by atoms with Crippen LogP contribution >= 0.6 is 11.6 Å². The van der Waals surface area contributed by atoms with Crippen molar-refractivity contribution in [3.8, 4) is 0 Å². The van der Waals surface area contributed by atoms with E-state index in [1.165, 1.54) is 6.07 Å². The van der Waals surface area contributed by atoms with Crippen LogP contribution in [0, 0.1) is 0 Å². The second-order valence-electron chi connectivity index (χ2n) is 3.92. The van der Waals surface area contributed by atoms with Gasteiger partial charge in [-0.25, -0.2) is 13.5 Å². The Morgan fingerprint density at radius 3 is 2.88 bits per heavy atom. The monoisotopic (exact) mass is 262 g/mol. The fraction of sp³-hybridized carbons (Fsp3) is 0.556. The third-order valence-electron chi connectivity index (χ3n) is 2.66. The lowest BCUT2D eigenvalue weighted by atomic mass is 10.0. The van der Waals surface area contributed by atoms with Gasteiger partial charge in [0, 0.05) is 5.92 Å². The molecule has 7 heteroatoms. The molecule has 88 valence electrons. The molecule has 0 aromatic carbocycles. The Morgan fingerprint density at radius 2 is 2.25 bits per heavy atom. The number of hydrogen-bond acceptors (Lipinski definition) is 4. The first kappa shape index (κ1) is 11.6. The molecule has 0 aliphatic carbocycles. The van der Waals surface area contributed by atoms with Gasteiger partial charge in [0.05, 0.1) is 17.2 Å². The number of nitrogens with zero attached hydrogens (tertiary/aromatic N) is 1. The third-order valence-corrected chi connectivity index (χ3v) is 4.76. The van der Waals surface area contributed by atoms with Crippen LogP contribution in [0.2, 0.25) is 5.02 Å². The number of hydrogen-bond donors (Lipinski definition) is 1. The average Bonchev–Trinajstić information content (AvgIpc) is 2.20. The summed E-state index contributed by atoms with van der Waals surface area (Å²) in [4.78, 5) is 11.0. The first-order valence-electron chi connectivity index (χ1n) is 4.93. The molecule has 1 fully saturated rings. The van der Waals surface area contributed by atoms with Gasteiger partial charge >= 0.3 is 0 Å². The highest BCUT2D eigenvalue weighted by Crippen LogP contribution is 2.26. The van der Waals surface area contributed by atoms with Gasteiger partial charge in [0.2, 0.25) is 0 Å². The van der Waals surface area contributed by atoms with Crippen molar-refractivity contribution in [2.24, 2.45) is 0 Å². The Hall–Kier alpha value is -0.880. The minimum absolute atomic E-state index is 0.0490. The predicted octanol–water partition coefficient (Wildman–Crippen LogP) is 0.715. The van der Waals surface area contributed by atoms with Crippen LogP contribution in [0.1, 0.15) is 24.5 Å². The maximum absolute atomic E-state index is 11.5. The van der Waals surface area contributed by atoms with E-state index in [4.69, 9.17) is 11.6 Å². The number of aromatic amines is 1. The van der Waals surface area contributed by atoms with Gasteiger partial charge in [0.25, 0.3) is 5.56 Å². The molecule has 16 heavy (non-hydrogen) atoms. The van der Waals surface area contributed by atoms with Crippen molar-refractivity contribution < 1.29 is 8.42 Å². The number of sulfone groups is 1. The summed E-state index contributed by atoms with van der Waals surface area (Å²) in [7, 11) is -2.98. The molecule has 1 aliphatic rings. The Bertz CT molecular complexity index is 552. The summed E-state index contributed by atoms with van der Waals surface area (Å²) in [6.45, 7) is 0. The van der Waals surface area contributed by atoms with Gasteiger partial charge in [-0.3, -0.25) is 4.79 Å². The largest absolute Gasteiger partial charge is 0.282 e. The Kier molecular flexibility index (Phi) is 3.03. The smallest absolute Gasteiger partial charge is 0.266 e. The topological polar surface area (TPSA) is 79.9 Å². The lowest BCUT2D eigenvalue weighted by Crippen LogP contribution is -2.25. The van der Waals surface area contributed by atoms with Crippen molar-refractivity contribution in [2.45, 2.75) is 18.8 Å². The van der Waals surface area contributed by atoms with Crippen LogP contribution in [-0.4, -0.2) is 30.1 Å². The lowest BCUT2D eigenvalue weighted by Gasteiger charge is -2.20. The van der Waals surface area contributed by atoms with Gasteiger partial charge in [-0.1, -0.05) is 11.6 Å². The summed E-state index contributed by atoms with van der Waals surface area (Å²) in [5.74, 6) is 0.163. The fourth-order valence-electron chi connectivity index (χ4n) is 1.86. The Balaban J connectivity index is 2.30. The molecule has 2 rings (SSSR count). The molecule has 1 aliphatic heterocycles. The number of halogens is 1. The zero-order valence-electron chi connectivity index (χ0n) is 8.44. The summed E-state index contributed by atoms with van der Waals surface area (Å²) in [6, 6.07) is 1.45. The molecule has 5 nitrogen and oxygen atoms in total. The van der Waals surface area contributed by atoms with Gasteiger partial charge in [-0.05, 0) is 18.9 Å². The van der Waals surface area contributed by atoms with Crippen molar-refractivity contribution in [1.29, 1.82) is 0 Å². The van der Waals surface area contributed by atoms with E-state index in [-0.39, 0.29) is 22.4 Å². The molecule has 0 amide bonds. The molecule has 2 heterocycles. The van der Waals surface area contributed by atoms with Gasteiger partial charge < -0.3 is 0 Å². The van der Waals surface area contributed by atoms with Crippen molar-refractivity contribution in [3.05, 3.63) is 27.1 Å². The van der Waals surface area contributed by atoms with Crippen LogP contribution in [0.3, 0.4) is 0 Å². The van der Waals surface area contributed by atoms with E-state index in [9.17, 15) is 13.2 Å². The van der Waals surface area contributed by atoms with Gasteiger partial charge in [0.15, 0.2) is 9.84 Å². The molecule has 0 spiro atoms. The van der Waals surface area contributed by atoms with Crippen molar-refractivity contribution >= 4 is 21.4 Å². The summed E-state index contributed by atoms with van der Waals surface area (Å²) in [5.41, 5.74) is 0.0944. The third kappa shape index (κ3) is 2.44. The lowest BCUT2D eigenvalue weighted by molar-refractivity contribution is 0.547. The first-order valence-corrected chi connectivity index (χ1v) is 7.13. The molecular weight excluding hydrogens is 252 g/mol. The van der Waals surface area contributed by atoms with Crippen LogP contribution in [0.5, 0.6) is 0 Å². The molecule has 1 saturated heterocycles. The molecule has 1 aromatic rings. The van der Waals surface area contributed by atoms with Crippen LogP contribution in [0.25, 0.3) is 0 Å². The molecule has 1 aromatic heterocycles. The number of H-pyrrole nitrogens is 1. The van der Waals surface area contributed by atoms with E-state index >= 15 is 0 Å². The summed E-state index contributed by atoms with van der Waals surface area (Å²) >= 11 is 5.67. The second kappa shape index (κ2) is 4.18. The molecule has 1 N–H and O–H groups in total. The number of nitrogens with one attached hydrogen (secondary N) is 1. The van der Waals surface area contributed by atoms with Crippen molar-refractivity contribution in [3.63, 3.8) is 0 Å². The molecule has 0 saturated carbocycles. The van der Waals surface area contributed by atoms with Crippen LogP contribution in [0.4, 0.5) is 0 Å². The highest BCUT2D eigenvalue weighted by atomic mass is 35.5. The van der Waals surface area contributed by atoms with Gasteiger partial charge in [-0.15, -0.1) is 0 Å². The quantitative estimate of drug-likeness (QED) is 0.809. The minimum atomic E-state index is -2.98. The minimum Gasteiger partial charge on any atom is -0.266 e. The normalized spacial score (nSPS) is 24.2. The predicted molar refractivity (Wildman–Crippen MR) is 60.5 cm³/mol. The summed E-state index contributed by atoms with van der Waals surface area (Å²) in [5, 5.41) is 6.15. The highest BCUT2D eigenvalue weighted by Gasteiger charge is 2.27. The van der Waals surface area contributed by atoms with Crippen LogP contribution in [-0.2, 0) is 9.84 Å². The van der Waals surface area contributed by atoms with Gasteiger partial charge in [-0.2, -0.15) is 5.10 Å². The van der Waals surface area contributed by atoms with E-state index in [0.29, 0.717) is 12.1 Å². The van der Waals surface area contributed by atoms with Crippen molar-refractivity contribution in [2.75, 3.05) is 11.5 Å². The molecule has 0 bridgehead atoms. The summed E-state index contributed by atoms with van der Waals surface area (Å²) in [6.07, 6.45) is 1.39. The molecule has 1 atom stereocenters. The maximum Gasteiger partial charge on any atom is 0.282 e. The van der Waals surface area contributed by atoms with Crippen molar-refractivity contribution in [1.82, 2.24) is 10.2 Å². The fourth-order valence-corrected chi connectivity index (χ4v) is 3.74. The Labute approximate surface area is 97.7 Å². The number of aromatic nitrogens is 2. The van der Waals surface area contributed by atoms with E-state index < -0.39 is 15.4 Å². The van der Waals surface area contributed by atoms with E-state index in [0.717, 1.165) is 6.42 Å². The molecular formula is C9H11ClN2O3S. The number of rotatable bonds is 1. The van der Waals surface area contributed by atoms with E-state index in [1.54, 1.807) is 0 Å². The standard InChI is InChI=1S/C9H11ClN2O3S/c10-7-4-8(11-12-9(7)13)6-2-1-3-16(14,15)5-6/h4,6H,1-3,5H2,(H,12,13). The molecule has 1 unspecified atom stereocenters.